The number of hydrogen-bond acceptors (Lipinski definition) is 7. The maximum absolute atomic E-state index is 13.8. The summed E-state index contributed by atoms with van der Waals surface area (Å²) in [7, 11) is -3.79. The Bertz CT molecular complexity index is 1690. The van der Waals surface area contributed by atoms with Crippen LogP contribution in [0.15, 0.2) is 54.8 Å². The molecule has 6 heterocycles. The van der Waals surface area contributed by atoms with Gasteiger partial charge in [-0.1, -0.05) is 44.7 Å². The van der Waals surface area contributed by atoms with Crippen LogP contribution in [0.4, 0.5) is 5.69 Å². The average molecular weight is 682 g/mol. The van der Waals surface area contributed by atoms with Crippen molar-refractivity contribution in [3.05, 3.63) is 65.9 Å². The van der Waals surface area contributed by atoms with Crippen LogP contribution in [-0.2, 0) is 46.1 Å². The van der Waals surface area contributed by atoms with Gasteiger partial charge in [0.25, 0.3) is 5.91 Å². The zero-order valence-corrected chi connectivity index (χ0v) is 28.8. The first kappa shape index (κ1) is 34.1. The van der Waals surface area contributed by atoms with Gasteiger partial charge in [0.1, 0.15) is 57.4 Å². The summed E-state index contributed by atoms with van der Waals surface area (Å²) in [5.74, 6) is -3.13. The van der Waals surface area contributed by atoms with Gasteiger partial charge in [-0.05, 0) is 22.8 Å². The van der Waals surface area contributed by atoms with E-state index >= 15 is 0 Å². The van der Waals surface area contributed by atoms with Crippen molar-refractivity contribution in [2.24, 2.45) is 23.5 Å². The van der Waals surface area contributed by atoms with Crippen LogP contribution >= 0.6 is 0 Å². The Morgan fingerprint density at radius 3 is 2.38 bits per heavy atom. The number of amides is 2. The lowest BCUT2D eigenvalue weighted by Crippen LogP contribution is -2.76. The van der Waals surface area contributed by atoms with Crippen LogP contribution in [0.3, 0.4) is 0 Å². The van der Waals surface area contributed by atoms with Gasteiger partial charge in [0.15, 0.2) is 6.54 Å². The molecule has 12 nitrogen and oxygen atoms in total. The molecule has 48 heavy (non-hydrogen) atoms. The molecule has 13 heteroatoms. The second-order valence-corrected chi connectivity index (χ2v) is 16.2. The number of nitrogens with zero attached hydrogens (tertiary/aromatic N) is 4. The van der Waals surface area contributed by atoms with Gasteiger partial charge < -0.3 is 24.3 Å². The topological polar surface area (TPSA) is 144 Å². The molecule has 7 rings (SSSR count). The first-order valence-electron chi connectivity index (χ1n) is 16.8. The smallest absolute Gasteiger partial charge is 0.355 e. The highest BCUT2D eigenvalue weighted by Gasteiger charge is 2.61. The Hall–Kier alpha value is -3.81. The Morgan fingerprint density at radius 2 is 1.75 bits per heavy atom. The van der Waals surface area contributed by atoms with Gasteiger partial charge in [-0.2, -0.15) is 0 Å². The van der Waals surface area contributed by atoms with Gasteiger partial charge in [0, 0.05) is 24.7 Å². The molecule has 0 aromatic heterocycles. The number of anilines is 1. The van der Waals surface area contributed by atoms with E-state index in [4.69, 9.17) is 10.5 Å². The van der Waals surface area contributed by atoms with Crippen LogP contribution in [0.5, 0.6) is 0 Å². The third kappa shape index (κ3) is 5.69. The zero-order valence-electron chi connectivity index (χ0n) is 27.9. The molecule has 2 amide bonds. The molecular formula is C35H47N5O7S+2. The van der Waals surface area contributed by atoms with E-state index < -0.39 is 33.9 Å². The van der Waals surface area contributed by atoms with Gasteiger partial charge in [0.2, 0.25) is 15.9 Å². The minimum absolute atomic E-state index is 0.0618. The molecule has 1 aromatic carbocycles. The van der Waals surface area contributed by atoms with Crippen molar-refractivity contribution in [3.63, 3.8) is 0 Å². The van der Waals surface area contributed by atoms with E-state index in [1.54, 1.807) is 6.92 Å². The van der Waals surface area contributed by atoms with Gasteiger partial charge in [0.05, 0.1) is 36.5 Å². The van der Waals surface area contributed by atoms with Crippen molar-refractivity contribution in [2.75, 3.05) is 69.8 Å². The summed E-state index contributed by atoms with van der Waals surface area (Å²) in [6.07, 6.45) is 3.82. The van der Waals surface area contributed by atoms with Crippen LogP contribution in [-0.4, -0.2) is 117 Å². The number of primary amides is 1. The van der Waals surface area contributed by atoms with Crippen molar-refractivity contribution in [3.8, 4) is 0 Å². The van der Waals surface area contributed by atoms with Gasteiger partial charge >= 0.3 is 5.97 Å². The maximum Gasteiger partial charge on any atom is 0.355 e. The number of ether oxygens (including phenoxy) is 1. The third-order valence-corrected chi connectivity index (χ3v) is 13.4. The van der Waals surface area contributed by atoms with E-state index in [0.717, 1.165) is 72.3 Å². The molecule has 0 saturated carbocycles. The number of fused-ring (bicyclic) bond motifs is 5. The molecule has 2 N–H and O–H groups in total. The van der Waals surface area contributed by atoms with E-state index in [-0.39, 0.29) is 54.5 Å². The third-order valence-electron chi connectivity index (χ3n) is 11.7. The van der Waals surface area contributed by atoms with E-state index in [1.165, 1.54) is 21.4 Å². The minimum Gasteiger partial charge on any atom is -0.457 e. The lowest BCUT2D eigenvalue weighted by molar-refractivity contribution is -1.08. The molecule has 6 aliphatic heterocycles. The van der Waals surface area contributed by atoms with Gasteiger partial charge in [-0.15, -0.1) is 6.58 Å². The maximum atomic E-state index is 13.8. The molecule has 3 unspecified atom stereocenters. The fourth-order valence-corrected chi connectivity index (χ4v) is 10.5. The molecule has 4 atom stereocenters. The van der Waals surface area contributed by atoms with Crippen LogP contribution in [0, 0.1) is 17.8 Å². The van der Waals surface area contributed by atoms with Crippen LogP contribution in [0.2, 0.25) is 0 Å². The van der Waals surface area contributed by atoms with Crippen molar-refractivity contribution in [1.29, 1.82) is 0 Å². The largest absolute Gasteiger partial charge is 0.457 e. The first-order valence-corrected chi connectivity index (χ1v) is 18.5. The molecule has 0 radical (unpaired) electrons. The number of benzene rings is 1. The highest BCUT2D eigenvalue weighted by Crippen LogP contribution is 2.50. The molecule has 1 aromatic rings. The van der Waals surface area contributed by atoms with Crippen molar-refractivity contribution in [2.45, 2.75) is 38.5 Å². The van der Waals surface area contributed by atoms with Crippen molar-refractivity contribution >= 4 is 39.3 Å². The predicted octanol–water partition coefficient (Wildman–Crippen LogP) is 1.27. The number of esters is 1. The number of ketones is 1. The number of allylic oxidation sites excluding steroid dienone is 1. The Balaban J connectivity index is 1.25. The Morgan fingerprint density at radius 1 is 1.08 bits per heavy atom. The summed E-state index contributed by atoms with van der Waals surface area (Å²) in [4.78, 5) is 52.8. The quantitative estimate of drug-likeness (QED) is 0.135. The lowest BCUT2D eigenvalue weighted by atomic mass is 9.72. The fraction of sp³-hybridized carbons (Fsp3) is 0.543. The highest BCUT2D eigenvalue weighted by atomic mass is 32.2. The summed E-state index contributed by atoms with van der Waals surface area (Å²) >= 11 is 0. The summed E-state index contributed by atoms with van der Waals surface area (Å²) in [6.45, 7) is 17.7. The summed E-state index contributed by atoms with van der Waals surface area (Å²) in [6, 6.07) is 5.24. The Labute approximate surface area is 282 Å². The van der Waals surface area contributed by atoms with E-state index in [2.05, 4.69) is 13.2 Å². The number of hydrogen-bond donors (Lipinski definition) is 1. The molecule has 0 aliphatic carbocycles. The summed E-state index contributed by atoms with van der Waals surface area (Å²) < 4.78 is 36.2. The number of carbonyl (C=O) groups is 4. The Kier molecular flexibility index (Phi) is 8.92. The fourth-order valence-electron chi connectivity index (χ4n) is 8.80. The van der Waals surface area contributed by atoms with Crippen LogP contribution in [0.1, 0.15) is 31.4 Å². The highest BCUT2D eigenvalue weighted by molar-refractivity contribution is 7.92. The zero-order chi connectivity index (χ0) is 34.6. The van der Waals surface area contributed by atoms with Gasteiger partial charge in [-0.3, -0.25) is 18.7 Å². The number of β-lactam (4-membered cyclic amide) rings is 1. The normalized spacial score (nSPS) is 30.4. The number of rotatable bonds is 14. The summed E-state index contributed by atoms with van der Waals surface area (Å²) in [5.41, 5.74) is 8.47. The second kappa shape index (κ2) is 12.6. The van der Waals surface area contributed by atoms with E-state index in [0.29, 0.717) is 17.8 Å². The number of piperazine rings is 3. The predicted molar refractivity (Wildman–Crippen MR) is 179 cm³/mol. The standard InChI is InChI=1S/C35H46N5O7S/c1-5-8-29(41)24(4)31-32-23(3)26(33(38(32)34(31)43)35(44)47-19-6-2)20-37-28-10-7-9-25(27(28)22-48(37,45)46)11-12-39-13-16-40(17-14-39,18-15-39)21-30(36)42/h5-7,9-10,23-24,31-32H,1-2,8,11-22H2,3-4H3,(H-,36,42)/q+1/p+1/t23?,24-,31?,32?,39?,40?/m0/s1. The average Bonchev–Trinajstić information content (AvgIpc) is 3.46. The van der Waals surface area contributed by atoms with Gasteiger partial charge in [-0.25, -0.2) is 13.2 Å². The van der Waals surface area contributed by atoms with Crippen molar-refractivity contribution < 1.29 is 41.3 Å². The van der Waals surface area contributed by atoms with E-state index in [9.17, 15) is 27.6 Å². The SMILES string of the molecule is C=CCOC(=O)C1=C(CN2c3cccc(CC[N+]45CC[N+](CC(N)=O)(CC4)CC5)c3CS2(=O)=O)C(C)C2C([C@@H](C)C(=O)CC=C)C(=O)N12. The first-order chi connectivity index (χ1) is 22.8. The number of quaternary nitrogens is 2. The van der Waals surface area contributed by atoms with Crippen molar-refractivity contribution in [1.82, 2.24) is 4.90 Å². The second-order valence-electron chi connectivity index (χ2n) is 14.3. The number of sulfonamides is 1. The number of Topliss-reactive ketones (excluding diaryl/α,β-unsaturated/α-hetero) is 1. The number of nitrogens with two attached hydrogens (primary N) is 1. The van der Waals surface area contributed by atoms with E-state index in [1.807, 2.05) is 25.1 Å². The molecule has 6 aliphatic rings. The molecule has 0 spiro atoms. The minimum atomic E-state index is -3.79. The number of carbonyl (C=O) groups excluding carboxylic acids is 4. The molecular weight excluding hydrogens is 634 g/mol. The monoisotopic (exact) mass is 681 g/mol. The van der Waals surface area contributed by atoms with Crippen LogP contribution < -0.4 is 10.0 Å². The molecule has 4 fully saturated rings. The molecule has 258 valence electrons. The van der Waals surface area contributed by atoms with Crippen LogP contribution in [0.25, 0.3) is 0 Å². The molecule has 4 saturated heterocycles. The molecule has 2 bridgehead atoms. The lowest BCUT2D eigenvalue weighted by Gasteiger charge is -2.55. The summed E-state index contributed by atoms with van der Waals surface area (Å²) in [5, 5.41) is 0.